The first-order chi connectivity index (χ1) is 5.24. The number of hydrogen-bond donors (Lipinski definition) is 1. The smallest absolute Gasteiger partial charge is 0.0550 e. The molecule has 1 aromatic heterocycles. The lowest BCUT2D eigenvalue weighted by molar-refractivity contribution is 0.913. The van der Waals surface area contributed by atoms with Crippen LogP contribution >= 0.6 is 45.2 Å². The van der Waals surface area contributed by atoms with Crippen molar-refractivity contribution in [2.45, 2.75) is 6.42 Å². The maximum atomic E-state index is 5.42. The summed E-state index contributed by atoms with van der Waals surface area (Å²) in [5.74, 6) is 0. The molecule has 2 nitrogen and oxygen atoms in total. The highest BCUT2D eigenvalue weighted by Crippen LogP contribution is 2.13. The summed E-state index contributed by atoms with van der Waals surface area (Å²) >= 11 is 4.54. The number of aromatic nitrogens is 1. The zero-order valence-corrected chi connectivity index (χ0v) is 10.2. The molecule has 0 atom stereocenters. The van der Waals surface area contributed by atoms with E-state index in [4.69, 9.17) is 5.73 Å². The van der Waals surface area contributed by atoms with E-state index in [1.54, 1.807) is 0 Å². The van der Waals surface area contributed by atoms with Gasteiger partial charge in [-0.2, -0.15) is 0 Å². The second kappa shape index (κ2) is 4.56. The summed E-state index contributed by atoms with van der Waals surface area (Å²) in [6.07, 6.45) is 2.74. The molecule has 0 aliphatic heterocycles. The summed E-state index contributed by atoms with van der Waals surface area (Å²) in [6.45, 7) is 0.670. The fourth-order valence-electron chi connectivity index (χ4n) is 0.764. The van der Waals surface area contributed by atoms with Gasteiger partial charge in [0.05, 0.1) is 5.69 Å². The molecule has 0 aromatic carbocycles. The van der Waals surface area contributed by atoms with Crippen molar-refractivity contribution in [3.63, 3.8) is 0 Å². The van der Waals surface area contributed by atoms with Gasteiger partial charge >= 0.3 is 0 Å². The maximum absolute atomic E-state index is 5.42. The minimum atomic E-state index is 0.670. The van der Waals surface area contributed by atoms with Crippen molar-refractivity contribution < 1.29 is 0 Å². The first kappa shape index (κ1) is 9.66. The van der Waals surface area contributed by atoms with E-state index < -0.39 is 0 Å². The molecule has 2 N–H and O–H groups in total. The Morgan fingerprint density at radius 2 is 2.18 bits per heavy atom. The van der Waals surface area contributed by atoms with Gasteiger partial charge in [-0.05, 0) is 57.8 Å². The van der Waals surface area contributed by atoms with Crippen LogP contribution in [0.5, 0.6) is 0 Å². The summed E-state index contributed by atoms with van der Waals surface area (Å²) in [5, 5.41) is 0. The predicted molar refractivity (Wildman–Crippen MR) is 62.4 cm³/mol. The van der Waals surface area contributed by atoms with Gasteiger partial charge in [-0.3, -0.25) is 4.98 Å². The van der Waals surface area contributed by atoms with Crippen molar-refractivity contribution in [3.05, 3.63) is 25.1 Å². The molecular weight excluding hydrogens is 366 g/mol. The van der Waals surface area contributed by atoms with Crippen molar-refractivity contribution >= 4 is 45.2 Å². The topological polar surface area (TPSA) is 38.9 Å². The standard InChI is InChI=1S/C7H8I2N2/c8-5-3-6(9)7(1-2-10)11-4-5/h3-4H,1-2,10H2. The van der Waals surface area contributed by atoms with Gasteiger partial charge in [-0.1, -0.05) is 0 Å². The molecule has 0 aliphatic rings. The molecule has 1 rings (SSSR count). The van der Waals surface area contributed by atoms with Crippen LogP contribution in [0.25, 0.3) is 0 Å². The molecule has 0 radical (unpaired) electrons. The number of nitrogens with two attached hydrogens (primary N) is 1. The van der Waals surface area contributed by atoms with Crippen LogP contribution in [0.2, 0.25) is 0 Å². The largest absolute Gasteiger partial charge is 0.330 e. The van der Waals surface area contributed by atoms with Crippen LogP contribution in [0.15, 0.2) is 12.3 Å². The number of hydrogen-bond acceptors (Lipinski definition) is 2. The van der Waals surface area contributed by atoms with E-state index in [0.29, 0.717) is 6.54 Å². The molecule has 4 heteroatoms. The third-order valence-corrected chi connectivity index (χ3v) is 2.79. The molecule has 0 spiro atoms. The molecule has 0 fully saturated rings. The molecule has 0 saturated carbocycles. The number of rotatable bonds is 2. The average Bonchev–Trinajstić information content (AvgIpc) is 1.95. The molecule has 0 aliphatic carbocycles. The first-order valence-electron chi connectivity index (χ1n) is 3.24. The maximum Gasteiger partial charge on any atom is 0.0550 e. The Morgan fingerprint density at radius 1 is 1.45 bits per heavy atom. The Balaban J connectivity index is 2.90. The highest BCUT2D eigenvalue weighted by Gasteiger charge is 1.99. The van der Waals surface area contributed by atoms with Gasteiger partial charge in [0, 0.05) is 19.8 Å². The van der Waals surface area contributed by atoms with E-state index in [0.717, 1.165) is 12.1 Å². The van der Waals surface area contributed by atoms with Crippen LogP contribution in [0.4, 0.5) is 0 Å². The summed E-state index contributed by atoms with van der Waals surface area (Å²) in [7, 11) is 0. The van der Waals surface area contributed by atoms with E-state index in [1.807, 2.05) is 6.20 Å². The Kier molecular flexibility index (Phi) is 4.00. The SMILES string of the molecule is NCCc1ncc(I)cc1I. The third kappa shape index (κ3) is 2.83. The van der Waals surface area contributed by atoms with Crippen LogP contribution in [-0.4, -0.2) is 11.5 Å². The number of nitrogens with zero attached hydrogens (tertiary/aromatic N) is 1. The Hall–Kier alpha value is 0.570. The lowest BCUT2D eigenvalue weighted by Crippen LogP contribution is -2.06. The molecule has 11 heavy (non-hydrogen) atoms. The lowest BCUT2D eigenvalue weighted by atomic mass is 10.3. The van der Waals surface area contributed by atoms with Crippen molar-refractivity contribution in [2.24, 2.45) is 5.73 Å². The zero-order chi connectivity index (χ0) is 8.27. The van der Waals surface area contributed by atoms with Crippen LogP contribution < -0.4 is 5.73 Å². The lowest BCUT2D eigenvalue weighted by Gasteiger charge is -2.00. The summed E-state index contributed by atoms with van der Waals surface area (Å²) < 4.78 is 2.38. The van der Waals surface area contributed by atoms with Crippen LogP contribution in [0.1, 0.15) is 5.69 Å². The minimum absolute atomic E-state index is 0.670. The third-order valence-electron chi connectivity index (χ3n) is 1.27. The Bertz CT molecular complexity index is 250. The second-order valence-electron chi connectivity index (χ2n) is 2.12. The summed E-state index contributed by atoms with van der Waals surface area (Å²) in [6, 6.07) is 2.11. The minimum Gasteiger partial charge on any atom is -0.330 e. The van der Waals surface area contributed by atoms with Crippen LogP contribution in [0.3, 0.4) is 0 Å². The highest BCUT2D eigenvalue weighted by molar-refractivity contribution is 14.1. The van der Waals surface area contributed by atoms with Crippen molar-refractivity contribution in [2.75, 3.05) is 6.54 Å². The van der Waals surface area contributed by atoms with E-state index in [-0.39, 0.29) is 0 Å². The monoisotopic (exact) mass is 374 g/mol. The first-order valence-corrected chi connectivity index (χ1v) is 5.40. The van der Waals surface area contributed by atoms with Crippen LogP contribution in [0, 0.1) is 7.14 Å². The van der Waals surface area contributed by atoms with Gasteiger partial charge in [0.25, 0.3) is 0 Å². The van der Waals surface area contributed by atoms with E-state index in [2.05, 4.69) is 56.2 Å². The molecule has 0 amide bonds. The normalized spacial score (nSPS) is 10.1. The zero-order valence-electron chi connectivity index (χ0n) is 5.85. The van der Waals surface area contributed by atoms with Gasteiger partial charge in [0.15, 0.2) is 0 Å². The molecular formula is C7H8I2N2. The summed E-state index contributed by atoms with van der Waals surface area (Å²) in [5.41, 5.74) is 6.53. The fraction of sp³-hybridized carbons (Fsp3) is 0.286. The van der Waals surface area contributed by atoms with Gasteiger partial charge < -0.3 is 5.73 Å². The predicted octanol–water partition coefficient (Wildman–Crippen LogP) is 1.79. The highest BCUT2D eigenvalue weighted by atomic mass is 127. The van der Waals surface area contributed by atoms with E-state index in [9.17, 15) is 0 Å². The molecule has 1 heterocycles. The van der Waals surface area contributed by atoms with Gasteiger partial charge in [-0.15, -0.1) is 0 Å². The van der Waals surface area contributed by atoms with Crippen molar-refractivity contribution in [1.29, 1.82) is 0 Å². The Labute approximate surface area is 93.2 Å². The molecule has 60 valence electrons. The average molecular weight is 374 g/mol. The van der Waals surface area contributed by atoms with Gasteiger partial charge in [0.2, 0.25) is 0 Å². The van der Waals surface area contributed by atoms with Crippen molar-refractivity contribution in [1.82, 2.24) is 4.98 Å². The second-order valence-corrected chi connectivity index (χ2v) is 4.53. The number of pyridine rings is 1. The summed E-state index contributed by atoms with van der Waals surface area (Å²) in [4.78, 5) is 4.27. The fourth-order valence-corrected chi connectivity index (χ4v) is 2.55. The molecule has 0 bridgehead atoms. The molecule has 0 saturated heterocycles. The molecule has 0 unspecified atom stereocenters. The quantitative estimate of drug-likeness (QED) is 0.803. The van der Waals surface area contributed by atoms with E-state index in [1.165, 1.54) is 7.14 Å². The van der Waals surface area contributed by atoms with E-state index >= 15 is 0 Å². The van der Waals surface area contributed by atoms with Gasteiger partial charge in [-0.25, -0.2) is 0 Å². The Morgan fingerprint density at radius 3 is 2.73 bits per heavy atom. The van der Waals surface area contributed by atoms with Gasteiger partial charge in [0.1, 0.15) is 0 Å². The van der Waals surface area contributed by atoms with Crippen molar-refractivity contribution in [3.8, 4) is 0 Å². The number of halogens is 2. The van der Waals surface area contributed by atoms with Crippen LogP contribution in [-0.2, 0) is 6.42 Å². The molecule has 1 aromatic rings.